The summed E-state index contributed by atoms with van der Waals surface area (Å²) in [4.78, 5) is 4.53. The van der Waals surface area contributed by atoms with Gasteiger partial charge in [0.25, 0.3) is 0 Å². The Balaban J connectivity index is 2.62. The Labute approximate surface area is 89.1 Å². The predicted molar refractivity (Wildman–Crippen MR) is 59.8 cm³/mol. The Morgan fingerprint density at radius 1 is 1.47 bits per heavy atom. The van der Waals surface area contributed by atoms with Crippen molar-refractivity contribution in [3.63, 3.8) is 0 Å². The largest absolute Gasteiger partial charge is 0.329 e. The van der Waals surface area contributed by atoms with Gasteiger partial charge in [-0.2, -0.15) is 5.10 Å². The summed E-state index contributed by atoms with van der Waals surface area (Å²) in [6, 6.07) is 4.00. The molecule has 0 aliphatic carbocycles. The first kappa shape index (κ1) is 10.1. The molecule has 0 saturated heterocycles. The summed E-state index contributed by atoms with van der Waals surface area (Å²) in [6.07, 6.45) is 1.91. The summed E-state index contributed by atoms with van der Waals surface area (Å²) in [7, 11) is 0. The van der Waals surface area contributed by atoms with Crippen LogP contribution in [0.2, 0.25) is 0 Å². The van der Waals surface area contributed by atoms with Gasteiger partial charge in [-0.25, -0.2) is 9.50 Å². The topological polar surface area (TPSA) is 56.2 Å². The van der Waals surface area contributed by atoms with Crippen molar-refractivity contribution in [2.45, 2.75) is 26.2 Å². The maximum Gasteiger partial charge on any atom is 0.158 e. The van der Waals surface area contributed by atoms with Crippen LogP contribution in [0, 0.1) is 6.92 Å². The van der Waals surface area contributed by atoms with E-state index in [-0.39, 0.29) is 5.41 Å². The number of aryl methyl sites for hydroxylation is 1. The van der Waals surface area contributed by atoms with E-state index in [2.05, 4.69) is 23.9 Å². The first-order chi connectivity index (χ1) is 7.04. The lowest BCUT2D eigenvalue weighted by molar-refractivity contribution is 0.502. The maximum absolute atomic E-state index is 5.71. The van der Waals surface area contributed by atoms with Crippen molar-refractivity contribution in [3.05, 3.63) is 29.7 Å². The molecule has 0 aliphatic heterocycles. The number of nitrogens with zero attached hydrogens (tertiary/aromatic N) is 3. The minimum Gasteiger partial charge on any atom is -0.329 e. The molecule has 2 aromatic rings. The Hall–Kier alpha value is -1.42. The molecule has 2 aromatic heterocycles. The van der Waals surface area contributed by atoms with Gasteiger partial charge in [-0.15, -0.1) is 0 Å². The summed E-state index contributed by atoms with van der Waals surface area (Å²) in [5.74, 6) is 0.805. The number of hydrogen-bond donors (Lipinski definition) is 1. The molecule has 2 N–H and O–H groups in total. The predicted octanol–water partition coefficient (Wildman–Crippen LogP) is 1.27. The third-order valence-corrected chi connectivity index (χ3v) is 2.67. The van der Waals surface area contributed by atoms with Gasteiger partial charge in [0.05, 0.1) is 0 Å². The lowest BCUT2D eigenvalue weighted by atomic mass is 9.93. The van der Waals surface area contributed by atoms with Crippen molar-refractivity contribution >= 4 is 5.65 Å². The van der Waals surface area contributed by atoms with Gasteiger partial charge in [-0.05, 0) is 18.6 Å². The second kappa shape index (κ2) is 3.31. The molecule has 2 heterocycles. The average Bonchev–Trinajstić information content (AvgIpc) is 2.64. The van der Waals surface area contributed by atoms with Crippen LogP contribution in [-0.2, 0) is 5.41 Å². The Bertz CT molecular complexity index is 484. The first-order valence-corrected chi connectivity index (χ1v) is 5.07. The van der Waals surface area contributed by atoms with Crippen LogP contribution in [0.1, 0.15) is 25.2 Å². The molecule has 0 unspecified atom stereocenters. The van der Waals surface area contributed by atoms with Gasteiger partial charge >= 0.3 is 0 Å². The van der Waals surface area contributed by atoms with Gasteiger partial charge in [-0.1, -0.05) is 19.9 Å². The fourth-order valence-electron chi connectivity index (χ4n) is 1.42. The Morgan fingerprint density at radius 2 is 2.20 bits per heavy atom. The van der Waals surface area contributed by atoms with Gasteiger partial charge in [0.2, 0.25) is 0 Å². The van der Waals surface area contributed by atoms with Crippen LogP contribution in [0.3, 0.4) is 0 Å². The van der Waals surface area contributed by atoms with Crippen molar-refractivity contribution in [2.24, 2.45) is 5.73 Å². The molecule has 4 heteroatoms. The van der Waals surface area contributed by atoms with Crippen LogP contribution in [-0.4, -0.2) is 21.1 Å². The van der Waals surface area contributed by atoms with Crippen molar-refractivity contribution in [2.75, 3.05) is 6.54 Å². The number of fused-ring (bicyclic) bond motifs is 1. The second-order valence-corrected chi connectivity index (χ2v) is 4.48. The van der Waals surface area contributed by atoms with Crippen molar-refractivity contribution in [3.8, 4) is 0 Å². The van der Waals surface area contributed by atoms with Crippen molar-refractivity contribution in [1.82, 2.24) is 14.6 Å². The zero-order valence-corrected chi connectivity index (χ0v) is 9.36. The minimum atomic E-state index is -0.168. The molecule has 0 aromatic carbocycles. The summed E-state index contributed by atoms with van der Waals surface area (Å²) >= 11 is 0. The summed E-state index contributed by atoms with van der Waals surface area (Å²) in [6.45, 7) is 6.68. The molecule has 15 heavy (non-hydrogen) atoms. The van der Waals surface area contributed by atoms with Gasteiger partial charge in [0, 0.05) is 18.2 Å². The molecule has 0 saturated carbocycles. The second-order valence-electron chi connectivity index (χ2n) is 4.48. The van der Waals surface area contributed by atoms with Gasteiger partial charge in [0.1, 0.15) is 0 Å². The molecule has 0 spiro atoms. The Morgan fingerprint density at radius 3 is 2.80 bits per heavy atom. The van der Waals surface area contributed by atoms with E-state index in [1.807, 2.05) is 29.8 Å². The number of nitrogens with two attached hydrogens (primary N) is 1. The fourth-order valence-corrected chi connectivity index (χ4v) is 1.42. The van der Waals surface area contributed by atoms with Crippen molar-refractivity contribution < 1.29 is 0 Å². The van der Waals surface area contributed by atoms with E-state index in [0.29, 0.717) is 6.54 Å². The molecule has 0 atom stereocenters. The third kappa shape index (κ3) is 1.61. The molecule has 4 nitrogen and oxygen atoms in total. The average molecular weight is 204 g/mol. The third-order valence-electron chi connectivity index (χ3n) is 2.67. The summed E-state index contributed by atoms with van der Waals surface area (Å²) in [5, 5.41) is 4.44. The van der Waals surface area contributed by atoms with E-state index in [9.17, 15) is 0 Å². The van der Waals surface area contributed by atoms with Crippen LogP contribution in [0.5, 0.6) is 0 Å². The normalized spacial score (nSPS) is 12.3. The van der Waals surface area contributed by atoms with E-state index < -0.39 is 0 Å². The highest BCUT2D eigenvalue weighted by molar-refractivity contribution is 5.46. The molecule has 0 amide bonds. The monoisotopic (exact) mass is 204 g/mol. The molecular weight excluding hydrogens is 188 g/mol. The van der Waals surface area contributed by atoms with Gasteiger partial charge < -0.3 is 5.73 Å². The van der Waals surface area contributed by atoms with E-state index in [1.165, 1.54) is 0 Å². The summed E-state index contributed by atoms with van der Waals surface area (Å²) < 4.78 is 1.81. The highest BCUT2D eigenvalue weighted by Gasteiger charge is 2.24. The molecule has 2 rings (SSSR count). The molecule has 80 valence electrons. The number of hydrogen-bond acceptors (Lipinski definition) is 3. The lowest BCUT2D eigenvalue weighted by Gasteiger charge is -2.17. The van der Waals surface area contributed by atoms with Crippen molar-refractivity contribution in [1.29, 1.82) is 0 Å². The fraction of sp³-hybridized carbons (Fsp3) is 0.455. The minimum absolute atomic E-state index is 0.168. The lowest BCUT2D eigenvalue weighted by Crippen LogP contribution is -2.29. The van der Waals surface area contributed by atoms with Gasteiger partial charge in [-0.3, -0.25) is 0 Å². The molecule has 0 aliphatic rings. The van der Waals surface area contributed by atoms with Crippen LogP contribution >= 0.6 is 0 Å². The molecule has 0 bridgehead atoms. The van der Waals surface area contributed by atoms with Crippen LogP contribution in [0.25, 0.3) is 5.65 Å². The zero-order valence-electron chi connectivity index (χ0n) is 9.36. The number of rotatable bonds is 2. The van der Waals surface area contributed by atoms with Crippen LogP contribution < -0.4 is 5.73 Å². The molecular formula is C11H16N4. The van der Waals surface area contributed by atoms with E-state index in [0.717, 1.165) is 17.0 Å². The zero-order chi connectivity index (χ0) is 11.1. The number of aromatic nitrogens is 3. The maximum atomic E-state index is 5.71. The SMILES string of the molecule is Cc1cccn2nc(C(C)(C)CN)nc12. The smallest absolute Gasteiger partial charge is 0.158 e. The Kier molecular flexibility index (Phi) is 2.23. The van der Waals surface area contributed by atoms with E-state index >= 15 is 0 Å². The van der Waals surface area contributed by atoms with Gasteiger partial charge in [0.15, 0.2) is 11.5 Å². The first-order valence-electron chi connectivity index (χ1n) is 5.07. The van der Waals surface area contributed by atoms with E-state index in [4.69, 9.17) is 5.73 Å². The molecule has 0 radical (unpaired) electrons. The van der Waals surface area contributed by atoms with Crippen LogP contribution in [0.15, 0.2) is 18.3 Å². The quantitative estimate of drug-likeness (QED) is 0.801. The highest BCUT2D eigenvalue weighted by atomic mass is 15.3. The molecule has 0 fully saturated rings. The van der Waals surface area contributed by atoms with Crippen LogP contribution in [0.4, 0.5) is 0 Å². The highest BCUT2D eigenvalue weighted by Crippen LogP contribution is 2.19. The van der Waals surface area contributed by atoms with E-state index in [1.54, 1.807) is 0 Å². The number of pyridine rings is 1. The summed E-state index contributed by atoms with van der Waals surface area (Å²) in [5.41, 5.74) is 7.58. The standard InChI is InChI=1S/C11H16N4/c1-8-5-4-6-15-9(8)13-10(14-15)11(2,3)7-12/h4-6H,7,12H2,1-3H3.